The predicted octanol–water partition coefficient (Wildman–Crippen LogP) is 4.48. The van der Waals surface area contributed by atoms with Crippen molar-refractivity contribution in [2.24, 2.45) is 0 Å². The van der Waals surface area contributed by atoms with Crippen LogP contribution in [0.5, 0.6) is 5.75 Å². The van der Waals surface area contributed by atoms with Crippen LogP contribution in [0.2, 0.25) is 0 Å². The lowest BCUT2D eigenvalue weighted by Gasteiger charge is -2.16. The standard InChI is InChI=1S/C15H20O2.C2H6/c1-12(2)16-10-11-17-15-9-5-7-13-6-3-4-8-14(13)15;1-2/h4-5,7-9,12H,3,6,10-11H2,1-2H3;1-2H3. The van der Waals surface area contributed by atoms with Crippen LogP contribution in [0.1, 0.15) is 45.2 Å². The SMILES string of the molecule is CC.CC(C)OCCOc1cccc2c1C=CCC2. The van der Waals surface area contributed by atoms with Crippen LogP contribution in [0.4, 0.5) is 0 Å². The third kappa shape index (κ3) is 5.07. The first kappa shape index (κ1) is 15.8. The highest BCUT2D eigenvalue weighted by Crippen LogP contribution is 2.28. The molecule has 0 bridgehead atoms. The van der Waals surface area contributed by atoms with E-state index >= 15 is 0 Å². The summed E-state index contributed by atoms with van der Waals surface area (Å²) in [4.78, 5) is 0. The van der Waals surface area contributed by atoms with E-state index in [4.69, 9.17) is 9.47 Å². The molecule has 0 radical (unpaired) electrons. The minimum absolute atomic E-state index is 0.267. The number of allylic oxidation sites excluding steroid dienone is 1. The molecule has 2 rings (SSSR count). The summed E-state index contributed by atoms with van der Waals surface area (Å²) in [5.41, 5.74) is 2.62. The lowest BCUT2D eigenvalue weighted by molar-refractivity contribution is 0.0552. The molecule has 0 saturated heterocycles. The van der Waals surface area contributed by atoms with Gasteiger partial charge < -0.3 is 9.47 Å². The number of rotatable bonds is 5. The molecule has 0 N–H and O–H groups in total. The van der Waals surface area contributed by atoms with E-state index in [0.29, 0.717) is 13.2 Å². The maximum absolute atomic E-state index is 5.78. The number of benzene rings is 1. The fraction of sp³-hybridized carbons (Fsp3) is 0.529. The van der Waals surface area contributed by atoms with Crippen LogP contribution in [0.15, 0.2) is 24.3 Å². The summed E-state index contributed by atoms with van der Waals surface area (Å²) < 4.78 is 11.2. The van der Waals surface area contributed by atoms with Crippen molar-refractivity contribution in [1.29, 1.82) is 0 Å². The largest absolute Gasteiger partial charge is 0.491 e. The molecule has 1 aliphatic carbocycles. The number of hydrogen-bond donors (Lipinski definition) is 0. The van der Waals surface area contributed by atoms with Crippen molar-refractivity contribution < 1.29 is 9.47 Å². The second-order valence-corrected chi connectivity index (χ2v) is 4.54. The van der Waals surface area contributed by atoms with Crippen molar-refractivity contribution in [2.75, 3.05) is 13.2 Å². The smallest absolute Gasteiger partial charge is 0.126 e. The van der Waals surface area contributed by atoms with Gasteiger partial charge in [0, 0.05) is 5.56 Å². The number of aryl methyl sites for hydroxylation is 1. The van der Waals surface area contributed by atoms with E-state index in [1.807, 2.05) is 33.8 Å². The fourth-order valence-corrected chi connectivity index (χ4v) is 2.00. The Morgan fingerprint density at radius 3 is 2.68 bits per heavy atom. The summed E-state index contributed by atoms with van der Waals surface area (Å²) in [6, 6.07) is 6.27. The van der Waals surface area contributed by atoms with E-state index in [9.17, 15) is 0 Å². The molecule has 0 unspecified atom stereocenters. The van der Waals surface area contributed by atoms with Gasteiger partial charge in [0.25, 0.3) is 0 Å². The summed E-state index contributed by atoms with van der Waals surface area (Å²) >= 11 is 0. The molecule has 0 aliphatic heterocycles. The third-order valence-electron chi connectivity index (χ3n) is 2.81. The summed E-state index contributed by atoms with van der Waals surface area (Å²) in [6.45, 7) is 9.33. The van der Waals surface area contributed by atoms with Gasteiger partial charge in [-0.15, -0.1) is 0 Å². The Morgan fingerprint density at radius 2 is 1.95 bits per heavy atom. The average Bonchev–Trinajstić information content (AvgIpc) is 2.45. The molecule has 1 aromatic carbocycles. The van der Waals surface area contributed by atoms with E-state index < -0.39 is 0 Å². The van der Waals surface area contributed by atoms with Crippen molar-refractivity contribution in [3.05, 3.63) is 35.4 Å². The first-order valence-corrected chi connectivity index (χ1v) is 7.30. The van der Waals surface area contributed by atoms with Crippen molar-refractivity contribution in [1.82, 2.24) is 0 Å². The van der Waals surface area contributed by atoms with Crippen LogP contribution in [-0.2, 0) is 11.2 Å². The van der Waals surface area contributed by atoms with Gasteiger partial charge in [0.05, 0.1) is 12.7 Å². The van der Waals surface area contributed by atoms with Gasteiger partial charge in [-0.05, 0) is 38.3 Å². The molecule has 0 spiro atoms. The lowest BCUT2D eigenvalue weighted by atomic mass is 9.97. The Morgan fingerprint density at radius 1 is 1.16 bits per heavy atom. The highest BCUT2D eigenvalue weighted by Gasteiger charge is 2.09. The zero-order chi connectivity index (χ0) is 14.1. The maximum Gasteiger partial charge on any atom is 0.126 e. The summed E-state index contributed by atoms with van der Waals surface area (Å²) in [7, 11) is 0. The van der Waals surface area contributed by atoms with Gasteiger partial charge in [0.1, 0.15) is 12.4 Å². The molecule has 19 heavy (non-hydrogen) atoms. The summed E-state index contributed by atoms with van der Waals surface area (Å²) in [5.74, 6) is 0.978. The normalized spacial score (nSPS) is 12.7. The van der Waals surface area contributed by atoms with E-state index in [1.165, 1.54) is 11.1 Å². The molecule has 1 aliphatic rings. The van der Waals surface area contributed by atoms with Gasteiger partial charge in [-0.3, -0.25) is 0 Å². The van der Waals surface area contributed by atoms with Gasteiger partial charge in [-0.25, -0.2) is 0 Å². The fourth-order valence-electron chi connectivity index (χ4n) is 2.00. The monoisotopic (exact) mass is 262 g/mol. The van der Waals surface area contributed by atoms with Gasteiger partial charge >= 0.3 is 0 Å². The third-order valence-corrected chi connectivity index (χ3v) is 2.81. The second-order valence-electron chi connectivity index (χ2n) is 4.54. The Bertz CT molecular complexity index is 394. The molecule has 0 saturated carbocycles. The van der Waals surface area contributed by atoms with E-state index in [2.05, 4.69) is 24.3 Å². The number of fused-ring (bicyclic) bond motifs is 1. The van der Waals surface area contributed by atoms with Crippen LogP contribution in [0.25, 0.3) is 6.08 Å². The van der Waals surface area contributed by atoms with Gasteiger partial charge in [0.15, 0.2) is 0 Å². The van der Waals surface area contributed by atoms with Gasteiger partial charge in [-0.2, -0.15) is 0 Å². The first-order chi connectivity index (χ1) is 9.27. The molecule has 0 aromatic heterocycles. The van der Waals surface area contributed by atoms with Crippen LogP contribution >= 0.6 is 0 Å². The van der Waals surface area contributed by atoms with E-state index in [-0.39, 0.29) is 6.10 Å². The summed E-state index contributed by atoms with van der Waals surface area (Å²) in [6.07, 6.45) is 6.89. The van der Waals surface area contributed by atoms with Crippen LogP contribution in [0.3, 0.4) is 0 Å². The topological polar surface area (TPSA) is 18.5 Å². The number of ether oxygens (including phenoxy) is 2. The van der Waals surface area contributed by atoms with E-state index in [1.54, 1.807) is 0 Å². The molecule has 0 amide bonds. The highest BCUT2D eigenvalue weighted by atomic mass is 16.5. The zero-order valence-corrected chi connectivity index (χ0v) is 12.6. The quantitative estimate of drug-likeness (QED) is 0.729. The Kier molecular flexibility index (Phi) is 7.27. The summed E-state index contributed by atoms with van der Waals surface area (Å²) in [5, 5.41) is 0. The minimum Gasteiger partial charge on any atom is -0.491 e. The highest BCUT2D eigenvalue weighted by molar-refractivity contribution is 5.63. The second kappa shape index (κ2) is 8.76. The first-order valence-electron chi connectivity index (χ1n) is 7.30. The molecular formula is C17H26O2. The van der Waals surface area contributed by atoms with Crippen molar-refractivity contribution >= 4 is 6.08 Å². The van der Waals surface area contributed by atoms with Crippen LogP contribution < -0.4 is 4.74 Å². The zero-order valence-electron chi connectivity index (χ0n) is 12.6. The van der Waals surface area contributed by atoms with E-state index in [0.717, 1.165) is 18.6 Å². The minimum atomic E-state index is 0.267. The Balaban J connectivity index is 0.000000861. The Labute approximate surface area is 117 Å². The van der Waals surface area contributed by atoms with Crippen LogP contribution in [-0.4, -0.2) is 19.3 Å². The van der Waals surface area contributed by atoms with Crippen molar-refractivity contribution in [3.8, 4) is 5.75 Å². The van der Waals surface area contributed by atoms with Gasteiger partial charge in [-0.1, -0.05) is 38.1 Å². The molecular weight excluding hydrogens is 236 g/mol. The average molecular weight is 262 g/mol. The molecule has 2 heteroatoms. The molecule has 106 valence electrons. The van der Waals surface area contributed by atoms with Gasteiger partial charge in [0.2, 0.25) is 0 Å². The molecule has 0 heterocycles. The molecule has 0 fully saturated rings. The van der Waals surface area contributed by atoms with Crippen molar-refractivity contribution in [3.63, 3.8) is 0 Å². The molecule has 1 aromatic rings. The molecule has 0 atom stereocenters. The predicted molar refractivity (Wildman–Crippen MR) is 81.7 cm³/mol. The number of hydrogen-bond acceptors (Lipinski definition) is 2. The maximum atomic E-state index is 5.78. The van der Waals surface area contributed by atoms with Crippen molar-refractivity contribution in [2.45, 2.75) is 46.6 Å². The lowest BCUT2D eigenvalue weighted by Crippen LogP contribution is -2.12. The Hall–Kier alpha value is -1.28. The van der Waals surface area contributed by atoms with Crippen LogP contribution in [0, 0.1) is 0 Å². The molecule has 2 nitrogen and oxygen atoms in total.